The molecule has 0 N–H and O–H groups in total. The molecule has 196 valence electrons. The van der Waals surface area contributed by atoms with Crippen molar-refractivity contribution in [2.45, 2.75) is 37.5 Å². The van der Waals surface area contributed by atoms with Gasteiger partial charge in [-0.2, -0.15) is 0 Å². The van der Waals surface area contributed by atoms with Crippen molar-refractivity contribution in [1.29, 1.82) is 0 Å². The Bertz CT molecular complexity index is 1650. The van der Waals surface area contributed by atoms with Gasteiger partial charge in [0.2, 0.25) is 0 Å². The molecular weight excluding hydrogens is 494 g/mol. The van der Waals surface area contributed by atoms with Gasteiger partial charge in [0.1, 0.15) is 6.54 Å². The first-order chi connectivity index (χ1) is 19.0. The summed E-state index contributed by atoms with van der Waals surface area (Å²) in [6.07, 6.45) is 2.41. The number of benzene rings is 3. The summed E-state index contributed by atoms with van der Waals surface area (Å²) in [5.41, 5.74) is 5.38. The van der Waals surface area contributed by atoms with Gasteiger partial charge in [-0.15, -0.1) is 0 Å². The quantitative estimate of drug-likeness (QED) is 0.363. The van der Waals surface area contributed by atoms with Gasteiger partial charge in [-0.1, -0.05) is 54.6 Å². The molecule has 3 unspecified atom stereocenters. The first kappa shape index (κ1) is 23.6. The van der Waals surface area contributed by atoms with Crippen LogP contribution in [0.4, 0.5) is 4.79 Å². The van der Waals surface area contributed by atoms with Gasteiger partial charge in [-0.3, -0.25) is 14.2 Å². The number of likely N-dealkylation sites (tertiary alicyclic amines) is 1. The number of rotatable bonds is 4. The number of ether oxygens (including phenoxy) is 2. The third-order valence-corrected chi connectivity index (χ3v) is 8.55. The molecule has 3 atom stereocenters. The molecule has 3 aromatic carbocycles. The zero-order valence-electron chi connectivity index (χ0n) is 21.4. The van der Waals surface area contributed by atoms with Crippen molar-refractivity contribution in [2.75, 3.05) is 13.7 Å². The smallest absolute Gasteiger partial charge is 0.409 e. The van der Waals surface area contributed by atoms with Gasteiger partial charge in [0.15, 0.2) is 6.10 Å². The van der Waals surface area contributed by atoms with Gasteiger partial charge < -0.3 is 14.4 Å². The predicted octanol–water partition coefficient (Wildman–Crippen LogP) is 4.65. The molecule has 8 nitrogen and oxygen atoms in total. The van der Waals surface area contributed by atoms with Crippen molar-refractivity contribution < 1.29 is 19.1 Å². The summed E-state index contributed by atoms with van der Waals surface area (Å²) < 4.78 is 12.2. The lowest BCUT2D eigenvalue weighted by atomic mass is 9.87. The van der Waals surface area contributed by atoms with Crippen LogP contribution in [-0.2, 0) is 20.8 Å². The van der Waals surface area contributed by atoms with Crippen molar-refractivity contribution in [1.82, 2.24) is 14.5 Å². The van der Waals surface area contributed by atoms with E-state index in [1.54, 1.807) is 0 Å². The lowest BCUT2D eigenvalue weighted by Gasteiger charge is -2.30. The molecule has 39 heavy (non-hydrogen) atoms. The van der Waals surface area contributed by atoms with Crippen LogP contribution in [-0.4, -0.2) is 46.2 Å². The lowest BCUT2D eigenvalue weighted by Crippen LogP contribution is -2.39. The molecule has 1 saturated heterocycles. The molecular formula is C31H27N3O5. The number of carbonyl (C=O) groups is 2. The van der Waals surface area contributed by atoms with Gasteiger partial charge in [0.05, 0.1) is 24.3 Å². The molecule has 8 heteroatoms. The molecule has 3 aliphatic rings. The van der Waals surface area contributed by atoms with Crippen LogP contribution in [0.25, 0.3) is 22.0 Å². The van der Waals surface area contributed by atoms with Crippen molar-refractivity contribution in [3.05, 3.63) is 100 Å². The molecule has 2 fully saturated rings. The Labute approximate surface area is 224 Å². The summed E-state index contributed by atoms with van der Waals surface area (Å²) in [5.74, 6) is 0.0975. The number of nitrogens with zero attached hydrogens (tertiary/aromatic N) is 3. The topological polar surface area (TPSA) is 90.7 Å². The van der Waals surface area contributed by atoms with Crippen LogP contribution < -0.4 is 5.56 Å². The zero-order chi connectivity index (χ0) is 26.7. The number of carbonyl (C=O) groups excluding carboxylic acids is 2. The zero-order valence-corrected chi connectivity index (χ0v) is 21.4. The Morgan fingerprint density at radius 2 is 1.69 bits per heavy atom. The highest BCUT2D eigenvalue weighted by Gasteiger charge is 2.47. The van der Waals surface area contributed by atoms with E-state index in [9.17, 15) is 14.4 Å². The maximum Gasteiger partial charge on any atom is 0.409 e. The maximum absolute atomic E-state index is 13.5. The molecule has 1 amide bonds. The summed E-state index contributed by atoms with van der Waals surface area (Å²) in [5, 5.41) is 0.479. The number of amides is 1. The van der Waals surface area contributed by atoms with Crippen LogP contribution in [0, 0.1) is 5.92 Å². The average molecular weight is 522 g/mol. The molecule has 4 aromatic rings. The van der Waals surface area contributed by atoms with Gasteiger partial charge in [0.25, 0.3) is 5.56 Å². The summed E-state index contributed by atoms with van der Waals surface area (Å²) in [6, 6.07) is 21.8. The van der Waals surface area contributed by atoms with Crippen LogP contribution >= 0.6 is 0 Å². The molecule has 2 bridgehead atoms. The monoisotopic (exact) mass is 521 g/mol. The van der Waals surface area contributed by atoms with Gasteiger partial charge >= 0.3 is 12.1 Å². The number of piperidine rings is 1. The standard InChI is InChI=1S/C31H27N3O5/c1-38-31(37)34-15-19-12-20(34)14-25(19)18-10-11-27-26(13-18)30(36)33(17-32-27)16-28(35)39-29-23-8-4-2-6-21(23)22-7-3-5-9-24(22)29/h2-11,13,17,19-20,25,29H,12,14-16H2,1H3. The Morgan fingerprint density at radius 1 is 0.974 bits per heavy atom. The van der Waals surface area contributed by atoms with Crippen LogP contribution in [0.3, 0.4) is 0 Å². The van der Waals surface area contributed by atoms with E-state index in [0.717, 1.165) is 40.7 Å². The van der Waals surface area contributed by atoms with Crippen molar-refractivity contribution in [2.24, 2.45) is 5.92 Å². The van der Waals surface area contributed by atoms with Crippen molar-refractivity contribution in [3.63, 3.8) is 0 Å². The minimum Gasteiger partial charge on any atom is -0.453 e. The van der Waals surface area contributed by atoms with E-state index in [0.29, 0.717) is 23.4 Å². The van der Waals surface area contributed by atoms with E-state index in [4.69, 9.17) is 9.47 Å². The number of aromatic nitrogens is 2. The van der Waals surface area contributed by atoms with E-state index in [1.165, 1.54) is 18.0 Å². The Balaban J connectivity index is 1.12. The molecule has 0 radical (unpaired) electrons. The van der Waals surface area contributed by atoms with E-state index in [1.807, 2.05) is 71.6 Å². The van der Waals surface area contributed by atoms with E-state index >= 15 is 0 Å². The lowest BCUT2D eigenvalue weighted by molar-refractivity contribution is -0.148. The molecule has 7 rings (SSSR count). The predicted molar refractivity (Wildman–Crippen MR) is 144 cm³/mol. The molecule has 2 aliphatic carbocycles. The van der Waals surface area contributed by atoms with Crippen LogP contribution in [0.1, 0.15) is 41.6 Å². The highest BCUT2D eigenvalue weighted by molar-refractivity contribution is 5.81. The van der Waals surface area contributed by atoms with E-state index in [2.05, 4.69) is 4.98 Å². The molecule has 1 aliphatic heterocycles. The molecule has 2 heterocycles. The Hall–Kier alpha value is -4.46. The number of hydrogen-bond acceptors (Lipinski definition) is 6. The minimum absolute atomic E-state index is 0.161. The largest absolute Gasteiger partial charge is 0.453 e. The fourth-order valence-electron chi connectivity index (χ4n) is 6.77. The molecule has 1 saturated carbocycles. The normalized spacial score (nSPS) is 21.2. The second-order valence-electron chi connectivity index (χ2n) is 10.6. The number of esters is 1. The minimum atomic E-state index is -0.511. The number of hydrogen-bond donors (Lipinski definition) is 0. The first-order valence-corrected chi connectivity index (χ1v) is 13.2. The van der Waals surface area contributed by atoms with Gasteiger partial charge in [0, 0.05) is 23.7 Å². The maximum atomic E-state index is 13.5. The fourth-order valence-corrected chi connectivity index (χ4v) is 6.77. The van der Waals surface area contributed by atoms with Crippen LogP contribution in [0.5, 0.6) is 0 Å². The third-order valence-electron chi connectivity index (χ3n) is 8.55. The van der Waals surface area contributed by atoms with Crippen LogP contribution in [0.15, 0.2) is 77.9 Å². The number of methoxy groups -OCH3 is 1. The molecule has 0 spiro atoms. The second kappa shape index (κ2) is 9.08. The second-order valence-corrected chi connectivity index (χ2v) is 10.6. The summed E-state index contributed by atoms with van der Waals surface area (Å²) in [6.45, 7) is 0.436. The van der Waals surface area contributed by atoms with Crippen molar-refractivity contribution in [3.8, 4) is 11.1 Å². The first-order valence-electron chi connectivity index (χ1n) is 13.2. The van der Waals surface area contributed by atoms with E-state index in [-0.39, 0.29) is 30.2 Å². The van der Waals surface area contributed by atoms with Crippen molar-refractivity contribution >= 4 is 23.0 Å². The summed E-state index contributed by atoms with van der Waals surface area (Å²) >= 11 is 0. The highest BCUT2D eigenvalue weighted by atomic mass is 16.5. The number of fused-ring (bicyclic) bond motifs is 6. The third kappa shape index (κ3) is 3.81. The Kier molecular flexibility index (Phi) is 5.50. The van der Waals surface area contributed by atoms with E-state index < -0.39 is 12.1 Å². The SMILES string of the molecule is COC(=O)N1CC2CC1CC2c1ccc2ncn(CC(=O)OC3c4ccccc4-c4ccccc43)c(=O)c2c1. The summed E-state index contributed by atoms with van der Waals surface area (Å²) in [7, 11) is 1.41. The Morgan fingerprint density at radius 3 is 2.36 bits per heavy atom. The van der Waals surface area contributed by atoms with Crippen LogP contribution in [0.2, 0.25) is 0 Å². The molecule has 1 aromatic heterocycles. The van der Waals surface area contributed by atoms with Gasteiger partial charge in [-0.25, -0.2) is 9.78 Å². The highest BCUT2D eigenvalue weighted by Crippen LogP contribution is 2.48. The van der Waals surface area contributed by atoms with Gasteiger partial charge in [-0.05, 0) is 53.5 Å². The summed E-state index contributed by atoms with van der Waals surface area (Å²) in [4.78, 5) is 44.8. The average Bonchev–Trinajstić information content (AvgIpc) is 3.66. The fraction of sp³-hybridized carbons (Fsp3) is 0.290.